The molecule has 104 valence electrons. The van der Waals surface area contributed by atoms with Crippen LogP contribution in [0.1, 0.15) is 40.5 Å². The van der Waals surface area contributed by atoms with Gasteiger partial charge in [0.1, 0.15) is 34.6 Å². The van der Waals surface area contributed by atoms with Gasteiger partial charge in [0.25, 0.3) is 0 Å². The monoisotopic (exact) mass is 270 g/mol. The molecule has 20 heavy (non-hydrogen) atoms. The Hall–Kier alpha value is -2.16. The van der Waals surface area contributed by atoms with Gasteiger partial charge >= 0.3 is 0 Å². The molecule has 0 unspecified atom stereocenters. The van der Waals surface area contributed by atoms with Gasteiger partial charge in [0.15, 0.2) is 0 Å². The van der Waals surface area contributed by atoms with Gasteiger partial charge in [-0.05, 0) is 57.2 Å². The first-order valence-electron chi connectivity index (χ1n) is 6.80. The van der Waals surface area contributed by atoms with Crippen molar-refractivity contribution in [3.05, 3.63) is 71.0 Å². The lowest BCUT2D eigenvalue weighted by molar-refractivity contribution is 0.387. The highest BCUT2D eigenvalue weighted by Gasteiger charge is 2.23. The Morgan fingerprint density at radius 1 is 0.700 bits per heavy atom. The summed E-state index contributed by atoms with van der Waals surface area (Å²) in [6, 6.07) is 12.0. The third-order valence-corrected chi connectivity index (χ3v) is 3.41. The second kappa shape index (κ2) is 5.08. The van der Waals surface area contributed by atoms with Gasteiger partial charge in [-0.15, -0.1) is 0 Å². The van der Waals surface area contributed by atoms with E-state index in [2.05, 4.69) is 0 Å². The van der Waals surface area contributed by atoms with Crippen LogP contribution < -0.4 is 0 Å². The van der Waals surface area contributed by atoms with Gasteiger partial charge in [0.2, 0.25) is 0 Å². The zero-order valence-corrected chi connectivity index (χ0v) is 12.0. The molecule has 3 aromatic rings. The van der Waals surface area contributed by atoms with Crippen molar-refractivity contribution in [1.29, 1.82) is 0 Å². The van der Waals surface area contributed by atoms with Crippen LogP contribution in [0.4, 0.5) is 0 Å². The van der Waals surface area contributed by atoms with Crippen molar-refractivity contribution in [3.8, 4) is 0 Å². The summed E-state index contributed by atoms with van der Waals surface area (Å²) in [6.45, 7) is 5.85. The summed E-state index contributed by atoms with van der Waals surface area (Å²) >= 11 is 0. The average molecular weight is 270 g/mol. The summed E-state index contributed by atoms with van der Waals surface area (Å²) in [5.41, 5.74) is 0. The minimum absolute atomic E-state index is 0.0444. The van der Waals surface area contributed by atoms with E-state index in [1.807, 2.05) is 57.2 Å². The van der Waals surface area contributed by atoms with Gasteiger partial charge in [-0.1, -0.05) is 0 Å². The number of rotatable bonds is 4. The van der Waals surface area contributed by atoms with Gasteiger partial charge < -0.3 is 13.3 Å². The third-order valence-electron chi connectivity index (χ3n) is 3.41. The van der Waals surface area contributed by atoms with Crippen LogP contribution in [-0.4, -0.2) is 0 Å². The van der Waals surface area contributed by atoms with E-state index >= 15 is 0 Å². The SMILES string of the molecule is Cc1ccc(CC(c2ccc(C)o2)c2ccc(C)o2)o1. The molecule has 0 aliphatic rings. The van der Waals surface area contributed by atoms with E-state index in [1.165, 1.54) is 0 Å². The minimum atomic E-state index is 0.0444. The molecule has 0 atom stereocenters. The lowest BCUT2D eigenvalue weighted by Crippen LogP contribution is -2.02. The Labute approximate surface area is 118 Å². The van der Waals surface area contributed by atoms with Crippen molar-refractivity contribution in [1.82, 2.24) is 0 Å². The normalized spacial score (nSPS) is 11.4. The number of furan rings is 3. The second-order valence-electron chi connectivity index (χ2n) is 5.17. The fourth-order valence-corrected chi connectivity index (χ4v) is 2.42. The van der Waals surface area contributed by atoms with Crippen LogP contribution in [0.3, 0.4) is 0 Å². The molecule has 0 saturated carbocycles. The molecule has 0 radical (unpaired) electrons. The lowest BCUT2D eigenvalue weighted by atomic mass is 9.98. The molecule has 0 saturated heterocycles. The smallest absolute Gasteiger partial charge is 0.115 e. The molecule has 0 aliphatic carbocycles. The van der Waals surface area contributed by atoms with Crippen molar-refractivity contribution in [2.45, 2.75) is 33.1 Å². The fourth-order valence-electron chi connectivity index (χ4n) is 2.42. The second-order valence-corrected chi connectivity index (χ2v) is 5.17. The molecule has 0 amide bonds. The van der Waals surface area contributed by atoms with Gasteiger partial charge in [-0.3, -0.25) is 0 Å². The zero-order valence-electron chi connectivity index (χ0n) is 12.0. The molecule has 3 aromatic heterocycles. The molecule has 3 heteroatoms. The number of hydrogen-bond donors (Lipinski definition) is 0. The fraction of sp³-hybridized carbons (Fsp3) is 0.294. The van der Waals surface area contributed by atoms with E-state index in [1.54, 1.807) is 0 Å². The maximum Gasteiger partial charge on any atom is 0.115 e. The standard InChI is InChI=1S/C17H18O3/c1-11-4-7-14(18-11)10-15(16-8-5-12(2)19-16)17-9-6-13(3)20-17/h4-9,15H,10H2,1-3H3. The topological polar surface area (TPSA) is 39.4 Å². The molecule has 0 aromatic carbocycles. The molecule has 3 nitrogen and oxygen atoms in total. The highest BCUT2D eigenvalue weighted by molar-refractivity contribution is 5.24. The van der Waals surface area contributed by atoms with E-state index in [0.717, 1.165) is 41.0 Å². The summed E-state index contributed by atoms with van der Waals surface area (Å²) in [5.74, 6) is 5.54. The quantitative estimate of drug-likeness (QED) is 0.685. The first-order chi connectivity index (χ1) is 9.61. The molecule has 0 bridgehead atoms. The highest BCUT2D eigenvalue weighted by atomic mass is 16.4. The Morgan fingerprint density at radius 2 is 1.20 bits per heavy atom. The van der Waals surface area contributed by atoms with E-state index in [-0.39, 0.29) is 5.92 Å². The largest absolute Gasteiger partial charge is 0.466 e. The number of hydrogen-bond acceptors (Lipinski definition) is 3. The van der Waals surface area contributed by atoms with Crippen LogP contribution >= 0.6 is 0 Å². The van der Waals surface area contributed by atoms with Crippen molar-refractivity contribution < 1.29 is 13.3 Å². The molecule has 0 fully saturated rings. The minimum Gasteiger partial charge on any atom is -0.466 e. The summed E-state index contributed by atoms with van der Waals surface area (Å²) in [5, 5.41) is 0. The predicted octanol–water partition coefficient (Wildman–Crippen LogP) is 4.77. The van der Waals surface area contributed by atoms with Gasteiger partial charge in [0.05, 0.1) is 5.92 Å². The molecule has 3 heterocycles. The third kappa shape index (κ3) is 2.57. The van der Waals surface area contributed by atoms with Crippen molar-refractivity contribution >= 4 is 0 Å². The zero-order chi connectivity index (χ0) is 14.1. The Bertz CT molecular complexity index is 659. The average Bonchev–Trinajstić information content (AvgIpc) is 3.09. The summed E-state index contributed by atoms with van der Waals surface area (Å²) in [6.07, 6.45) is 0.730. The summed E-state index contributed by atoms with van der Waals surface area (Å²) in [4.78, 5) is 0. The predicted molar refractivity (Wildman–Crippen MR) is 75.9 cm³/mol. The lowest BCUT2D eigenvalue weighted by Gasteiger charge is -2.10. The summed E-state index contributed by atoms with van der Waals surface area (Å²) < 4.78 is 17.3. The van der Waals surface area contributed by atoms with E-state index in [0.29, 0.717) is 0 Å². The molecule has 0 N–H and O–H groups in total. The molecule has 0 spiro atoms. The van der Waals surface area contributed by atoms with Crippen LogP contribution in [0.5, 0.6) is 0 Å². The van der Waals surface area contributed by atoms with Crippen LogP contribution in [0.25, 0.3) is 0 Å². The maximum absolute atomic E-state index is 5.79. The Kier molecular flexibility index (Phi) is 3.26. The van der Waals surface area contributed by atoms with E-state index in [9.17, 15) is 0 Å². The van der Waals surface area contributed by atoms with E-state index < -0.39 is 0 Å². The van der Waals surface area contributed by atoms with Crippen molar-refractivity contribution in [2.75, 3.05) is 0 Å². The maximum atomic E-state index is 5.79. The van der Waals surface area contributed by atoms with Crippen LogP contribution in [0, 0.1) is 20.8 Å². The van der Waals surface area contributed by atoms with Gasteiger partial charge in [-0.2, -0.15) is 0 Å². The Balaban J connectivity index is 1.95. The highest BCUT2D eigenvalue weighted by Crippen LogP contribution is 2.31. The molecular weight excluding hydrogens is 252 g/mol. The van der Waals surface area contributed by atoms with E-state index in [4.69, 9.17) is 13.3 Å². The Morgan fingerprint density at radius 3 is 1.60 bits per heavy atom. The molecule has 0 aliphatic heterocycles. The number of aryl methyl sites for hydroxylation is 3. The van der Waals surface area contributed by atoms with Gasteiger partial charge in [-0.25, -0.2) is 0 Å². The molecular formula is C17H18O3. The van der Waals surface area contributed by atoms with Crippen molar-refractivity contribution in [3.63, 3.8) is 0 Å². The first-order valence-corrected chi connectivity index (χ1v) is 6.80. The van der Waals surface area contributed by atoms with Crippen LogP contribution in [0.15, 0.2) is 49.6 Å². The van der Waals surface area contributed by atoms with Crippen LogP contribution in [0.2, 0.25) is 0 Å². The molecule has 3 rings (SSSR count). The summed E-state index contributed by atoms with van der Waals surface area (Å²) in [7, 11) is 0. The van der Waals surface area contributed by atoms with Crippen molar-refractivity contribution in [2.24, 2.45) is 0 Å². The van der Waals surface area contributed by atoms with Gasteiger partial charge in [0, 0.05) is 6.42 Å². The van der Waals surface area contributed by atoms with Crippen LogP contribution in [-0.2, 0) is 6.42 Å². The first kappa shape index (κ1) is 12.9.